The molecule has 3 aromatic rings. The van der Waals surface area contributed by atoms with Crippen LogP contribution < -0.4 is 15.4 Å². The Kier molecular flexibility index (Phi) is 4.39. The minimum atomic E-state index is -0.543. The van der Waals surface area contributed by atoms with E-state index in [1.807, 2.05) is 30.0 Å². The number of nitrogens with zero attached hydrogens (tertiary/aromatic N) is 5. The second-order valence-corrected chi connectivity index (χ2v) is 6.53. The van der Waals surface area contributed by atoms with Gasteiger partial charge in [0.25, 0.3) is 0 Å². The van der Waals surface area contributed by atoms with E-state index in [-0.39, 0.29) is 6.04 Å². The van der Waals surface area contributed by atoms with Crippen LogP contribution in [0.2, 0.25) is 0 Å². The van der Waals surface area contributed by atoms with Crippen LogP contribution in [0, 0.1) is 11.3 Å². The highest BCUT2D eigenvalue weighted by Gasteiger charge is 2.29. The normalized spacial score (nSPS) is 19.4. The lowest BCUT2D eigenvalue weighted by molar-refractivity contribution is 0.180. The quantitative estimate of drug-likeness (QED) is 0.714. The Balaban J connectivity index is 1.75. The van der Waals surface area contributed by atoms with Crippen LogP contribution in [0.4, 0.5) is 5.82 Å². The molecule has 1 fully saturated rings. The number of ether oxygens (including phenoxy) is 1. The average molecular weight is 364 g/mol. The maximum absolute atomic E-state index is 9.85. The molecule has 8 heteroatoms. The summed E-state index contributed by atoms with van der Waals surface area (Å²) in [5, 5.41) is 23.5. The van der Waals surface area contributed by atoms with Gasteiger partial charge in [-0.3, -0.25) is 0 Å². The van der Waals surface area contributed by atoms with Gasteiger partial charge in [0.1, 0.15) is 17.6 Å². The summed E-state index contributed by atoms with van der Waals surface area (Å²) in [5.41, 5.74) is 8.77. The van der Waals surface area contributed by atoms with Gasteiger partial charge in [-0.2, -0.15) is 10.4 Å². The van der Waals surface area contributed by atoms with Crippen LogP contribution in [-0.4, -0.2) is 51.5 Å². The molecule has 8 nitrogen and oxygen atoms in total. The first-order chi connectivity index (χ1) is 13.1. The number of β-amino-alcohol motifs (C(OH)–C–C–N with tert-alkyl or cyclic N) is 1. The summed E-state index contributed by atoms with van der Waals surface area (Å²) in [6.07, 6.45) is 4.52. The van der Waals surface area contributed by atoms with Gasteiger partial charge >= 0.3 is 0 Å². The molecule has 138 valence electrons. The number of hydrogen-bond donors (Lipinski definition) is 2. The smallest absolute Gasteiger partial charge is 0.138 e. The highest BCUT2D eigenvalue weighted by Crippen LogP contribution is 2.31. The van der Waals surface area contributed by atoms with Gasteiger partial charge < -0.3 is 20.5 Å². The molecule has 0 amide bonds. The van der Waals surface area contributed by atoms with Crippen LogP contribution >= 0.6 is 0 Å². The van der Waals surface area contributed by atoms with E-state index < -0.39 is 6.10 Å². The third-order valence-electron chi connectivity index (χ3n) is 4.73. The third kappa shape index (κ3) is 3.07. The minimum absolute atomic E-state index is 0.265. The largest absolute Gasteiger partial charge is 0.492 e. The lowest BCUT2D eigenvalue weighted by atomic mass is 10.1. The lowest BCUT2D eigenvalue weighted by Crippen LogP contribution is -2.32. The Hall–Kier alpha value is -3.15. The van der Waals surface area contributed by atoms with Crippen molar-refractivity contribution in [3.8, 4) is 22.9 Å². The Morgan fingerprint density at radius 2 is 2.22 bits per heavy atom. The number of nitrogens with two attached hydrogens (primary N) is 1. The number of hydrogen-bond acceptors (Lipinski definition) is 7. The number of aromatic nitrogens is 3. The molecule has 1 saturated heterocycles. The van der Waals surface area contributed by atoms with E-state index in [1.54, 1.807) is 23.1 Å². The zero-order chi connectivity index (χ0) is 19.0. The SMILES string of the molecule is CCOc1cc(-c2ccc(N3C[C@H](N)[C@@H](O)C3)nc2)c2c(C#N)cnn2c1. The topological polar surface area (TPSA) is 113 Å². The van der Waals surface area contributed by atoms with Gasteiger partial charge in [0.05, 0.1) is 36.2 Å². The molecule has 0 bridgehead atoms. The van der Waals surface area contributed by atoms with E-state index in [4.69, 9.17) is 10.5 Å². The first-order valence-electron chi connectivity index (χ1n) is 8.80. The Labute approximate surface area is 156 Å². The van der Waals surface area contributed by atoms with Crippen LogP contribution in [0.25, 0.3) is 16.6 Å². The number of aliphatic hydroxyl groups is 1. The van der Waals surface area contributed by atoms with Crippen LogP contribution in [0.1, 0.15) is 12.5 Å². The number of rotatable bonds is 4. The molecule has 0 spiro atoms. The van der Waals surface area contributed by atoms with Crippen molar-refractivity contribution in [2.75, 3.05) is 24.6 Å². The second-order valence-electron chi connectivity index (χ2n) is 6.53. The van der Waals surface area contributed by atoms with Gasteiger partial charge in [0, 0.05) is 36.5 Å². The molecular weight excluding hydrogens is 344 g/mol. The number of pyridine rings is 2. The Bertz CT molecular complexity index is 997. The summed E-state index contributed by atoms with van der Waals surface area (Å²) < 4.78 is 7.29. The molecule has 0 unspecified atom stereocenters. The molecule has 3 N–H and O–H groups in total. The molecule has 1 aliphatic heterocycles. The molecule has 4 heterocycles. The van der Waals surface area contributed by atoms with Gasteiger partial charge in [-0.25, -0.2) is 9.50 Å². The molecular formula is C19H20N6O2. The first kappa shape index (κ1) is 17.3. The molecule has 0 saturated carbocycles. The van der Waals surface area contributed by atoms with Crippen molar-refractivity contribution < 1.29 is 9.84 Å². The van der Waals surface area contributed by atoms with Crippen LogP contribution in [0.5, 0.6) is 5.75 Å². The molecule has 0 radical (unpaired) electrons. The fourth-order valence-electron chi connectivity index (χ4n) is 3.38. The molecule has 0 aromatic carbocycles. The highest BCUT2D eigenvalue weighted by atomic mass is 16.5. The van der Waals surface area contributed by atoms with Crippen LogP contribution in [0.15, 0.2) is 36.8 Å². The fourth-order valence-corrected chi connectivity index (χ4v) is 3.38. The molecule has 3 aromatic heterocycles. The predicted octanol–water partition coefficient (Wildman–Crippen LogP) is 1.17. The fraction of sp³-hybridized carbons (Fsp3) is 0.316. The number of nitriles is 1. The first-order valence-corrected chi connectivity index (χ1v) is 8.80. The van der Waals surface area contributed by atoms with E-state index in [2.05, 4.69) is 16.2 Å². The van der Waals surface area contributed by atoms with E-state index in [0.29, 0.717) is 36.5 Å². The molecule has 2 atom stereocenters. The van der Waals surface area contributed by atoms with Gasteiger partial charge in [-0.05, 0) is 25.1 Å². The summed E-state index contributed by atoms with van der Waals surface area (Å²) in [7, 11) is 0. The summed E-state index contributed by atoms with van der Waals surface area (Å²) >= 11 is 0. The summed E-state index contributed by atoms with van der Waals surface area (Å²) in [6, 6.07) is 7.65. The van der Waals surface area contributed by atoms with Crippen molar-refractivity contribution in [3.63, 3.8) is 0 Å². The summed E-state index contributed by atoms with van der Waals surface area (Å²) in [4.78, 5) is 6.50. The van der Waals surface area contributed by atoms with Gasteiger partial charge in [-0.15, -0.1) is 0 Å². The van der Waals surface area contributed by atoms with Gasteiger partial charge in [0.2, 0.25) is 0 Å². The van der Waals surface area contributed by atoms with Crippen molar-refractivity contribution in [3.05, 3.63) is 42.4 Å². The number of aliphatic hydroxyl groups excluding tert-OH is 1. The van der Waals surface area contributed by atoms with Gasteiger partial charge in [-0.1, -0.05) is 0 Å². The van der Waals surface area contributed by atoms with E-state index in [1.165, 1.54) is 0 Å². The van der Waals surface area contributed by atoms with Crippen molar-refractivity contribution in [2.45, 2.75) is 19.1 Å². The lowest BCUT2D eigenvalue weighted by Gasteiger charge is -2.17. The monoisotopic (exact) mass is 364 g/mol. The van der Waals surface area contributed by atoms with Crippen molar-refractivity contribution in [1.29, 1.82) is 5.26 Å². The Morgan fingerprint density at radius 3 is 2.85 bits per heavy atom. The van der Waals surface area contributed by atoms with Gasteiger partial charge in [0.15, 0.2) is 0 Å². The Morgan fingerprint density at radius 1 is 1.37 bits per heavy atom. The number of fused-ring (bicyclic) bond motifs is 1. The standard InChI is InChI=1S/C19H20N6O2/c1-2-27-14-5-15(19-13(6-20)8-23-25(19)9-14)12-3-4-18(22-7-12)24-10-16(21)17(26)11-24/h3-5,7-9,16-17,26H,2,10-11,21H2,1H3/t16-,17-/m0/s1. The van der Waals surface area contributed by atoms with Crippen molar-refractivity contribution in [1.82, 2.24) is 14.6 Å². The second kappa shape index (κ2) is 6.87. The molecule has 0 aliphatic carbocycles. The molecule has 1 aliphatic rings. The maximum atomic E-state index is 9.85. The third-order valence-corrected chi connectivity index (χ3v) is 4.73. The minimum Gasteiger partial charge on any atom is -0.492 e. The van der Waals surface area contributed by atoms with Crippen LogP contribution in [0.3, 0.4) is 0 Å². The zero-order valence-electron chi connectivity index (χ0n) is 14.9. The zero-order valence-corrected chi connectivity index (χ0v) is 14.9. The summed E-state index contributed by atoms with van der Waals surface area (Å²) in [6.45, 7) is 3.49. The van der Waals surface area contributed by atoms with Crippen molar-refractivity contribution >= 4 is 11.3 Å². The van der Waals surface area contributed by atoms with Crippen LogP contribution in [-0.2, 0) is 0 Å². The number of anilines is 1. The molecule has 4 rings (SSSR count). The van der Waals surface area contributed by atoms with Crippen molar-refractivity contribution in [2.24, 2.45) is 5.73 Å². The average Bonchev–Trinajstić information content (AvgIpc) is 3.24. The molecule has 27 heavy (non-hydrogen) atoms. The van der Waals surface area contributed by atoms with E-state index in [9.17, 15) is 10.4 Å². The highest BCUT2D eigenvalue weighted by molar-refractivity contribution is 5.85. The maximum Gasteiger partial charge on any atom is 0.138 e. The predicted molar refractivity (Wildman–Crippen MR) is 101 cm³/mol. The summed E-state index contributed by atoms with van der Waals surface area (Å²) in [5.74, 6) is 1.43. The van der Waals surface area contributed by atoms with E-state index in [0.717, 1.165) is 16.9 Å². The van der Waals surface area contributed by atoms with E-state index >= 15 is 0 Å².